The topological polar surface area (TPSA) is 33.1 Å². The van der Waals surface area contributed by atoms with Crippen LogP contribution in [0.15, 0.2) is 12.3 Å². The summed E-state index contributed by atoms with van der Waals surface area (Å²) in [6.45, 7) is 1.32. The predicted molar refractivity (Wildman–Crippen MR) is 39.9 cm³/mol. The zero-order chi connectivity index (χ0) is 9.14. The third-order valence-electron chi connectivity index (χ3n) is 1.57. The molecule has 0 spiro atoms. The van der Waals surface area contributed by atoms with Crippen molar-refractivity contribution >= 4 is 0 Å². The summed E-state index contributed by atoms with van der Waals surface area (Å²) in [4.78, 5) is 3.72. The number of aliphatic hydroxyl groups is 1. The van der Waals surface area contributed by atoms with E-state index in [1.54, 1.807) is 6.92 Å². The number of nitrogens with zero attached hydrogens (tertiary/aromatic N) is 1. The zero-order valence-electron chi connectivity index (χ0n) is 6.59. The van der Waals surface area contributed by atoms with E-state index in [4.69, 9.17) is 5.11 Å². The number of aryl methyl sites for hydroxylation is 1. The van der Waals surface area contributed by atoms with Crippen LogP contribution in [0.4, 0.5) is 8.78 Å². The second-order valence-corrected chi connectivity index (χ2v) is 2.48. The molecule has 0 fully saturated rings. The molecule has 66 valence electrons. The molecule has 0 aliphatic carbocycles. The number of halogens is 2. The summed E-state index contributed by atoms with van der Waals surface area (Å²) in [5.74, 6) is 0. The van der Waals surface area contributed by atoms with E-state index in [1.807, 2.05) is 0 Å². The fourth-order valence-corrected chi connectivity index (χ4v) is 0.960. The highest BCUT2D eigenvalue weighted by Gasteiger charge is 2.12. The lowest BCUT2D eigenvalue weighted by Crippen LogP contribution is -1.97. The summed E-state index contributed by atoms with van der Waals surface area (Å²) >= 11 is 0. The quantitative estimate of drug-likeness (QED) is 0.739. The molecule has 12 heavy (non-hydrogen) atoms. The second-order valence-electron chi connectivity index (χ2n) is 2.48. The van der Waals surface area contributed by atoms with E-state index in [9.17, 15) is 8.78 Å². The second kappa shape index (κ2) is 3.58. The Bertz CT molecular complexity index is 276. The molecule has 0 aromatic carbocycles. The number of alkyl halides is 2. The molecule has 0 aliphatic rings. The van der Waals surface area contributed by atoms with Crippen molar-refractivity contribution in [3.05, 3.63) is 29.1 Å². The van der Waals surface area contributed by atoms with E-state index >= 15 is 0 Å². The molecular weight excluding hydrogens is 164 g/mol. The van der Waals surface area contributed by atoms with Gasteiger partial charge in [0.2, 0.25) is 0 Å². The Morgan fingerprint density at radius 1 is 1.58 bits per heavy atom. The van der Waals surface area contributed by atoms with Crippen LogP contribution in [-0.2, 0) is 6.61 Å². The SMILES string of the molecule is Cc1cc(CO)c(C(F)F)cn1. The van der Waals surface area contributed by atoms with Crippen molar-refractivity contribution in [2.75, 3.05) is 0 Å². The van der Waals surface area contributed by atoms with Crippen LogP contribution in [0, 0.1) is 6.92 Å². The minimum Gasteiger partial charge on any atom is -0.392 e. The molecule has 1 N–H and O–H groups in total. The smallest absolute Gasteiger partial charge is 0.265 e. The zero-order valence-corrected chi connectivity index (χ0v) is 6.59. The average Bonchev–Trinajstić information content (AvgIpc) is 2.03. The van der Waals surface area contributed by atoms with Crippen molar-refractivity contribution in [1.29, 1.82) is 0 Å². The fourth-order valence-electron chi connectivity index (χ4n) is 0.960. The van der Waals surface area contributed by atoms with Gasteiger partial charge in [-0.3, -0.25) is 4.98 Å². The van der Waals surface area contributed by atoms with Crippen LogP contribution < -0.4 is 0 Å². The van der Waals surface area contributed by atoms with Gasteiger partial charge in [0.05, 0.1) is 6.61 Å². The molecule has 4 heteroatoms. The monoisotopic (exact) mass is 173 g/mol. The maximum atomic E-state index is 12.2. The van der Waals surface area contributed by atoms with Crippen LogP contribution in [0.2, 0.25) is 0 Å². The molecule has 2 nitrogen and oxygen atoms in total. The molecule has 0 radical (unpaired) electrons. The van der Waals surface area contributed by atoms with Gasteiger partial charge < -0.3 is 5.11 Å². The Hall–Kier alpha value is -1.03. The lowest BCUT2D eigenvalue weighted by atomic mass is 10.1. The molecule has 0 unspecified atom stereocenters. The molecule has 0 atom stereocenters. The van der Waals surface area contributed by atoms with Crippen LogP contribution in [0.3, 0.4) is 0 Å². The lowest BCUT2D eigenvalue weighted by molar-refractivity contribution is 0.146. The Kier molecular flexibility index (Phi) is 2.70. The Labute approximate surface area is 68.9 Å². The first-order valence-corrected chi connectivity index (χ1v) is 3.49. The van der Waals surface area contributed by atoms with Gasteiger partial charge in [-0.2, -0.15) is 0 Å². The van der Waals surface area contributed by atoms with Crippen molar-refractivity contribution < 1.29 is 13.9 Å². The highest BCUT2D eigenvalue weighted by Crippen LogP contribution is 2.22. The van der Waals surface area contributed by atoms with Crippen molar-refractivity contribution in [1.82, 2.24) is 4.98 Å². The van der Waals surface area contributed by atoms with Gasteiger partial charge in [-0.15, -0.1) is 0 Å². The van der Waals surface area contributed by atoms with Crippen LogP contribution >= 0.6 is 0 Å². The first-order valence-electron chi connectivity index (χ1n) is 3.49. The Morgan fingerprint density at radius 3 is 2.75 bits per heavy atom. The first kappa shape index (κ1) is 9.06. The number of aliphatic hydroxyl groups excluding tert-OH is 1. The van der Waals surface area contributed by atoms with E-state index in [-0.39, 0.29) is 17.7 Å². The molecule has 1 aromatic rings. The highest BCUT2D eigenvalue weighted by molar-refractivity contribution is 5.26. The van der Waals surface area contributed by atoms with Crippen molar-refractivity contribution in [3.8, 4) is 0 Å². The van der Waals surface area contributed by atoms with Gasteiger partial charge in [0, 0.05) is 17.5 Å². The standard InChI is InChI=1S/C8H9F2NO/c1-5-2-6(4-12)7(3-11-5)8(9)10/h2-3,8,12H,4H2,1H3. The van der Waals surface area contributed by atoms with Gasteiger partial charge in [-0.05, 0) is 18.6 Å². The number of hydrogen-bond acceptors (Lipinski definition) is 2. The highest BCUT2D eigenvalue weighted by atomic mass is 19.3. The maximum Gasteiger partial charge on any atom is 0.265 e. The summed E-state index contributed by atoms with van der Waals surface area (Å²) in [6.07, 6.45) is -1.47. The van der Waals surface area contributed by atoms with Crippen molar-refractivity contribution in [3.63, 3.8) is 0 Å². The molecular formula is C8H9F2NO. The summed E-state index contributed by atoms with van der Waals surface area (Å²) in [5.41, 5.74) is 0.684. The maximum absolute atomic E-state index is 12.2. The van der Waals surface area contributed by atoms with Gasteiger partial charge in [0.15, 0.2) is 0 Å². The van der Waals surface area contributed by atoms with E-state index in [0.717, 1.165) is 6.20 Å². The number of rotatable bonds is 2. The molecule has 0 bridgehead atoms. The third kappa shape index (κ3) is 1.76. The Balaban J connectivity index is 3.11. The van der Waals surface area contributed by atoms with Gasteiger partial charge in [-0.1, -0.05) is 0 Å². The molecule has 1 rings (SSSR count). The lowest BCUT2D eigenvalue weighted by Gasteiger charge is -2.05. The van der Waals surface area contributed by atoms with Crippen LogP contribution in [0.25, 0.3) is 0 Å². The Morgan fingerprint density at radius 2 is 2.25 bits per heavy atom. The fraction of sp³-hybridized carbons (Fsp3) is 0.375. The summed E-state index contributed by atoms with van der Waals surface area (Å²) in [6, 6.07) is 1.46. The molecule has 0 amide bonds. The molecule has 0 saturated carbocycles. The predicted octanol–water partition coefficient (Wildman–Crippen LogP) is 1.82. The van der Waals surface area contributed by atoms with Gasteiger partial charge in [-0.25, -0.2) is 8.78 Å². The van der Waals surface area contributed by atoms with Crippen molar-refractivity contribution in [2.45, 2.75) is 20.0 Å². The van der Waals surface area contributed by atoms with Crippen LogP contribution in [-0.4, -0.2) is 10.1 Å². The third-order valence-corrected chi connectivity index (χ3v) is 1.57. The van der Waals surface area contributed by atoms with Gasteiger partial charge in [0.25, 0.3) is 6.43 Å². The molecule has 1 heterocycles. The average molecular weight is 173 g/mol. The minimum atomic E-state index is -2.57. The van der Waals surface area contributed by atoms with E-state index in [0.29, 0.717) is 5.69 Å². The summed E-state index contributed by atoms with van der Waals surface area (Å²) < 4.78 is 24.4. The van der Waals surface area contributed by atoms with E-state index in [2.05, 4.69) is 4.98 Å². The van der Waals surface area contributed by atoms with Crippen LogP contribution in [0.5, 0.6) is 0 Å². The molecule has 0 aliphatic heterocycles. The van der Waals surface area contributed by atoms with Crippen LogP contribution in [0.1, 0.15) is 23.2 Å². The molecule has 0 saturated heterocycles. The number of pyridine rings is 1. The summed E-state index contributed by atoms with van der Waals surface area (Å²) in [5, 5.41) is 8.73. The van der Waals surface area contributed by atoms with E-state index in [1.165, 1.54) is 6.07 Å². The van der Waals surface area contributed by atoms with Crippen molar-refractivity contribution in [2.24, 2.45) is 0 Å². The largest absolute Gasteiger partial charge is 0.392 e. The molecule has 1 aromatic heterocycles. The number of aromatic nitrogens is 1. The van der Waals surface area contributed by atoms with Gasteiger partial charge >= 0.3 is 0 Å². The first-order chi connectivity index (χ1) is 5.65. The minimum absolute atomic E-state index is 0.192. The van der Waals surface area contributed by atoms with E-state index < -0.39 is 6.43 Å². The van der Waals surface area contributed by atoms with Gasteiger partial charge in [0.1, 0.15) is 0 Å². The normalized spacial score (nSPS) is 10.8. The number of hydrogen-bond donors (Lipinski definition) is 1. The summed E-state index contributed by atoms with van der Waals surface area (Å²) in [7, 11) is 0.